The number of hydrogen-bond acceptors (Lipinski definition) is 5. The highest BCUT2D eigenvalue weighted by Crippen LogP contribution is 2.34. The zero-order valence-corrected chi connectivity index (χ0v) is 13.9. The van der Waals surface area contributed by atoms with Crippen molar-refractivity contribution in [2.24, 2.45) is 0 Å². The molecule has 0 aliphatic rings. The van der Waals surface area contributed by atoms with Crippen LogP contribution in [0.5, 0.6) is 11.5 Å². The van der Waals surface area contributed by atoms with Gasteiger partial charge in [0.2, 0.25) is 0 Å². The molecule has 0 saturated heterocycles. The van der Waals surface area contributed by atoms with Gasteiger partial charge in [-0.3, -0.25) is 0 Å². The predicted molar refractivity (Wildman–Crippen MR) is 82.5 cm³/mol. The summed E-state index contributed by atoms with van der Waals surface area (Å²) in [6, 6.07) is 5.10. The monoisotopic (exact) mass is 309 g/mol. The number of amides is 1. The van der Waals surface area contributed by atoms with E-state index in [1.165, 1.54) is 4.90 Å². The first-order chi connectivity index (χ1) is 10.1. The third kappa shape index (κ3) is 4.95. The van der Waals surface area contributed by atoms with Crippen LogP contribution in [0, 0.1) is 0 Å². The number of rotatable bonds is 3. The first-order valence-electron chi connectivity index (χ1n) is 7.03. The molecule has 0 aliphatic heterocycles. The Morgan fingerprint density at radius 1 is 1.09 bits per heavy atom. The summed E-state index contributed by atoms with van der Waals surface area (Å²) in [5, 5.41) is 0. The Bertz CT molecular complexity index is 546. The van der Waals surface area contributed by atoms with Crippen molar-refractivity contribution < 1.29 is 23.8 Å². The lowest BCUT2D eigenvalue weighted by Gasteiger charge is -2.21. The second-order valence-electron chi connectivity index (χ2n) is 5.96. The summed E-state index contributed by atoms with van der Waals surface area (Å²) in [4.78, 5) is 24.5. The van der Waals surface area contributed by atoms with Gasteiger partial charge in [-0.25, -0.2) is 9.59 Å². The van der Waals surface area contributed by atoms with Crippen molar-refractivity contribution in [3.8, 4) is 11.5 Å². The maximum absolute atomic E-state index is 11.8. The highest BCUT2D eigenvalue weighted by Gasteiger charge is 2.20. The average Bonchev–Trinajstić information content (AvgIpc) is 2.39. The van der Waals surface area contributed by atoms with Crippen molar-refractivity contribution in [2.45, 2.75) is 33.1 Å². The van der Waals surface area contributed by atoms with Gasteiger partial charge in [-0.2, -0.15) is 0 Å². The van der Waals surface area contributed by atoms with Crippen LogP contribution in [0.3, 0.4) is 0 Å². The SMILES string of the molecule is CCOC(=O)Oc1ccc(C(C)(C)C)cc1OC(=O)N(C)C. The highest BCUT2D eigenvalue weighted by atomic mass is 16.7. The van der Waals surface area contributed by atoms with Crippen molar-refractivity contribution in [3.05, 3.63) is 23.8 Å². The van der Waals surface area contributed by atoms with E-state index < -0.39 is 12.2 Å². The fourth-order valence-electron chi connectivity index (χ4n) is 1.56. The first-order valence-corrected chi connectivity index (χ1v) is 7.03. The summed E-state index contributed by atoms with van der Waals surface area (Å²) in [7, 11) is 3.14. The molecule has 0 saturated carbocycles. The summed E-state index contributed by atoms with van der Waals surface area (Å²) >= 11 is 0. The normalized spacial score (nSPS) is 10.8. The van der Waals surface area contributed by atoms with Crippen LogP contribution < -0.4 is 9.47 Å². The molecule has 0 unspecified atom stereocenters. The predicted octanol–water partition coefficient (Wildman–Crippen LogP) is 3.58. The van der Waals surface area contributed by atoms with Crippen molar-refractivity contribution >= 4 is 12.2 Å². The Labute approximate surface area is 131 Å². The lowest BCUT2D eigenvalue weighted by molar-refractivity contribution is 0.102. The van der Waals surface area contributed by atoms with Gasteiger partial charge in [-0.15, -0.1) is 0 Å². The van der Waals surface area contributed by atoms with E-state index in [-0.39, 0.29) is 23.5 Å². The molecule has 1 rings (SSSR count). The van der Waals surface area contributed by atoms with E-state index in [0.717, 1.165) is 5.56 Å². The van der Waals surface area contributed by atoms with Gasteiger partial charge in [0, 0.05) is 14.1 Å². The van der Waals surface area contributed by atoms with Gasteiger partial charge in [0.05, 0.1) is 6.61 Å². The molecule has 0 heterocycles. The van der Waals surface area contributed by atoms with Crippen molar-refractivity contribution in [2.75, 3.05) is 20.7 Å². The molecule has 1 amide bonds. The summed E-state index contributed by atoms with van der Waals surface area (Å²) in [5.74, 6) is 0.320. The van der Waals surface area contributed by atoms with Gasteiger partial charge in [0.1, 0.15) is 0 Å². The second kappa shape index (κ2) is 7.15. The quantitative estimate of drug-likeness (QED) is 0.630. The molecular formula is C16H23NO5. The van der Waals surface area contributed by atoms with Crippen LogP contribution in [0.2, 0.25) is 0 Å². The molecule has 6 heteroatoms. The standard InChI is InChI=1S/C16H23NO5/c1-7-20-15(19)22-12-9-8-11(16(2,3)4)10-13(12)21-14(18)17(5)6/h8-10H,7H2,1-6H3. The Morgan fingerprint density at radius 2 is 1.73 bits per heavy atom. The Kier molecular flexibility index (Phi) is 5.79. The fraction of sp³-hybridized carbons (Fsp3) is 0.500. The van der Waals surface area contributed by atoms with E-state index in [4.69, 9.17) is 14.2 Å². The molecule has 0 aromatic heterocycles. The summed E-state index contributed by atoms with van der Waals surface area (Å²) in [5.41, 5.74) is 0.812. The summed E-state index contributed by atoms with van der Waals surface area (Å²) in [6.45, 7) is 7.98. The van der Waals surface area contributed by atoms with E-state index in [0.29, 0.717) is 0 Å². The summed E-state index contributed by atoms with van der Waals surface area (Å²) in [6.07, 6.45) is -1.40. The number of carbonyl (C=O) groups is 2. The minimum absolute atomic E-state index is 0.137. The Morgan fingerprint density at radius 3 is 2.23 bits per heavy atom. The summed E-state index contributed by atoms with van der Waals surface area (Å²) < 4.78 is 15.1. The molecule has 6 nitrogen and oxygen atoms in total. The molecule has 122 valence electrons. The molecule has 1 aromatic carbocycles. The zero-order chi connectivity index (χ0) is 16.9. The van der Waals surface area contributed by atoms with Crippen LogP contribution >= 0.6 is 0 Å². The smallest absolute Gasteiger partial charge is 0.434 e. The van der Waals surface area contributed by atoms with Gasteiger partial charge in [0.25, 0.3) is 0 Å². The van der Waals surface area contributed by atoms with Crippen LogP contribution in [0.15, 0.2) is 18.2 Å². The maximum atomic E-state index is 11.8. The van der Waals surface area contributed by atoms with Gasteiger partial charge < -0.3 is 19.1 Å². The molecule has 0 spiro atoms. The van der Waals surface area contributed by atoms with Gasteiger partial charge in [-0.05, 0) is 30.0 Å². The third-order valence-corrected chi connectivity index (χ3v) is 2.83. The molecule has 0 N–H and O–H groups in total. The zero-order valence-electron chi connectivity index (χ0n) is 13.9. The number of benzene rings is 1. The van der Waals surface area contributed by atoms with E-state index in [1.54, 1.807) is 33.2 Å². The van der Waals surface area contributed by atoms with E-state index in [1.807, 2.05) is 26.8 Å². The second-order valence-corrected chi connectivity index (χ2v) is 5.96. The molecule has 0 radical (unpaired) electrons. The molecule has 0 aliphatic carbocycles. The minimum Gasteiger partial charge on any atom is -0.434 e. The van der Waals surface area contributed by atoms with Gasteiger partial charge >= 0.3 is 12.2 Å². The van der Waals surface area contributed by atoms with Crippen molar-refractivity contribution in [3.63, 3.8) is 0 Å². The molecule has 0 fully saturated rings. The first kappa shape index (κ1) is 17.8. The van der Waals surface area contributed by atoms with Crippen LogP contribution in [-0.2, 0) is 10.2 Å². The average molecular weight is 309 g/mol. The van der Waals surface area contributed by atoms with Gasteiger partial charge in [0.15, 0.2) is 11.5 Å². The number of carbonyl (C=O) groups excluding carboxylic acids is 2. The number of nitrogens with zero attached hydrogens (tertiary/aromatic N) is 1. The minimum atomic E-state index is -0.840. The van der Waals surface area contributed by atoms with Crippen LogP contribution in [-0.4, -0.2) is 37.9 Å². The van der Waals surface area contributed by atoms with Crippen LogP contribution in [0.4, 0.5) is 9.59 Å². The molecule has 22 heavy (non-hydrogen) atoms. The molecular weight excluding hydrogens is 286 g/mol. The van der Waals surface area contributed by atoms with Crippen molar-refractivity contribution in [1.29, 1.82) is 0 Å². The van der Waals surface area contributed by atoms with Crippen LogP contribution in [0.25, 0.3) is 0 Å². The van der Waals surface area contributed by atoms with Crippen LogP contribution in [0.1, 0.15) is 33.3 Å². The maximum Gasteiger partial charge on any atom is 0.513 e. The van der Waals surface area contributed by atoms with E-state index in [9.17, 15) is 9.59 Å². The van der Waals surface area contributed by atoms with Crippen molar-refractivity contribution in [1.82, 2.24) is 4.90 Å². The van der Waals surface area contributed by atoms with Gasteiger partial charge in [-0.1, -0.05) is 26.8 Å². The third-order valence-electron chi connectivity index (χ3n) is 2.83. The van der Waals surface area contributed by atoms with E-state index >= 15 is 0 Å². The highest BCUT2D eigenvalue weighted by molar-refractivity contribution is 5.72. The number of ether oxygens (including phenoxy) is 3. The fourth-order valence-corrected chi connectivity index (χ4v) is 1.56. The Hall–Kier alpha value is -2.24. The topological polar surface area (TPSA) is 65.1 Å². The lowest BCUT2D eigenvalue weighted by Crippen LogP contribution is -2.26. The largest absolute Gasteiger partial charge is 0.513 e. The Balaban J connectivity index is 3.14. The lowest BCUT2D eigenvalue weighted by atomic mass is 9.87. The molecule has 1 aromatic rings. The number of hydrogen-bond donors (Lipinski definition) is 0. The molecule has 0 atom stereocenters. The molecule has 0 bridgehead atoms. The van der Waals surface area contributed by atoms with E-state index in [2.05, 4.69) is 0 Å².